The van der Waals surface area contributed by atoms with E-state index in [2.05, 4.69) is 5.43 Å². The Morgan fingerprint density at radius 3 is 2.24 bits per heavy atom. The van der Waals surface area contributed by atoms with Crippen molar-refractivity contribution in [3.8, 4) is 0 Å². The number of amides is 2. The number of nitrogens with two attached hydrogens (primary N) is 3. The molecule has 0 fully saturated rings. The number of anilines is 1. The Kier molecular flexibility index (Phi) is 5.57. The molecular formula is C11H16N6O4. The van der Waals surface area contributed by atoms with Crippen LogP contribution in [0.3, 0.4) is 0 Å². The lowest BCUT2D eigenvalue weighted by Gasteiger charge is -2.19. The van der Waals surface area contributed by atoms with E-state index in [-0.39, 0.29) is 31.0 Å². The number of hydrogen-bond donors (Lipinski definition) is 4. The van der Waals surface area contributed by atoms with E-state index in [0.717, 1.165) is 0 Å². The molecule has 0 unspecified atom stereocenters. The van der Waals surface area contributed by atoms with E-state index in [1.165, 1.54) is 17.0 Å². The molecule has 0 saturated carbocycles. The maximum atomic E-state index is 11.0. The summed E-state index contributed by atoms with van der Waals surface area (Å²) in [6.07, 6.45) is 0. The van der Waals surface area contributed by atoms with Crippen LogP contribution in [0.25, 0.3) is 0 Å². The molecule has 1 rings (SSSR count). The number of nitro benzene ring substituents is 1. The molecule has 0 saturated heterocycles. The first-order chi connectivity index (χ1) is 9.83. The number of nitrogens with zero attached hydrogens (tertiary/aromatic N) is 2. The van der Waals surface area contributed by atoms with Gasteiger partial charge in [-0.15, -0.1) is 0 Å². The highest BCUT2D eigenvalue weighted by atomic mass is 16.6. The Bertz CT molecular complexity index is 546. The minimum absolute atomic E-state index is 0.109. The van der Waals surface area contributed by atoms with Gasteiger partial charge in [-0.2, -0.15) is 0 Å². The van der Waals surface area contributed by atoms with Crippen molar-refractivity contribution in [1.29, 1.82) is 0 Å². The van der Waals surface area contributed by atoms with E-state index in [0.29, 0.717) is 5.56 Å². The average molecular weight is 296 g/mol. The van der Waals surface area contributed by atoms with Gasteiger partial charge in [0.15, 0.2) is 0 Å². The third-order valence-electron chi connectivity index (χ3n) is 2.58. The summed E-state index contributed by atoms with van der Waals surface area (Å²) in [5, 5.41) is 10.9. The van der Waals surface area contributed by atoms with Crippen LogP contribution in [-0.2, 0) is 16.1 Å². The van der Waals surface area contributed by atoms with Crippen LogP contribution in [0, 0.1) is 10.1 Å². The smallest absolute Gasteiger partial charge is 0.293 e. The maximum absolute atomic E-state index is 11.0. The standard InChI is InChI=1S/C11H16N6O4/c12-10(18)5-16(6-11(13)19)4-7-1-2-8(15-14)9(3-7)17(20)21/h1-3,15H,4-6,14H2,(H2,12,18)(H2,13,19). The van der Waals surface area contributed by atoms with Crippen LogP contribution in [0.15, 0.2) is 18.2 Å². The molecule has 0 aromatic heterocycles. The normalized spacial score (nSPS) is 10.4. The number of hydrazine groups is 1. The van der Waals surface area contributed by atoms with Crippen molar-refractivity contribution in [2.24, 2.45) is 17.3 Å². The van der Waals surface area contributed by atoms with E-state index in [1.807, 2.05) is 0 Å². The number of nitro groups is 1. The van der Waals surface area contributed by atoms with Gasteiger partial charge in [0.1, 0.15) is 5.69 Å². The predicted molar refractivity (Wildman–Crippen MR) is 74.6 cm³/mol. The van der Waals surface area contributed by atoms with Gasteiger partial charge in [-0.1, -0.05) is 6.07 Å². The van der Waals surface area contributed by atoms with Gasteiger partial charge in [0.05, 0.1) is 18.0 Å². The number of nitrogens with one attached hydrogen (secondary N) is 1. The number of primary amides is 2. The molecule has 1 aromatic carbocycles. The third-order valence-corrected chi connectivity index (χ3v) is 2.58. The monoisotopic (exact) mass is 296 g/mol. The predicted octanol–water partition coefficient (Wildman–Crippen LogP) is -1.35. The number of carbonyl (C=O) groups excluding carboxylic acids is 2. The second-order valence-electron chi connectivity index (χ2n) is 4.33. The molecule has 2 amide bonds. The Hall–Kier alpha value is -2.72. The van der Waals surface area contributed by atoms with Crippen molar-refractivity contribution in [2.75, 3.05) is 18.5 Å². The van der Waals surface area contributed by atoms with Crippen molar-refractivity contribution in [2.45, 2.75) is 6.54 Å². The number of hydrogen-bond acceptors (Lipinski definition) is 7. The first-order valence-electron chi connectivity index (χ1n) is 5.86. The number of benzene rings is 1. The summed E-state index contributed by atoms with van der Waals surface area (Å²) in [5.41, 5.74) is 12.8. The fraction of sp³-hybridized carbons (Fsp3) is 0.273. The van der Waals surface area contributed by atoms with Crippen LogP contribution in [-0.4, -0.2) is 34.7 Å². The van der Waals surface area contributed by atoms with Crippen LogP contribution in [0.1, 0.15) is 5.56 Å². The molecule has 0 radical (unpaired) electrons. The van der Waals surface area contributed by atoms with Crippen LogP contribution in [0.4, 0.5) is 11.4 Å². The van der Waals surface area contributed by atoms with E-state index < -0.39 is 16.7 Å². The molecule has 0 aliphatic carbocycles. The summed E-state index contributed by atoms with van der Waals surface area (Å²) < 4.78 is 0. The number of carbonyl (C=O) groups is 2. The molecule has 0 aliphatic rings. The minimum Gasteiger partial charge on any atom is -0.369 e. The molecule has 10 heteroatoms. The van der Waals surface area contributed by atoms with Crippen molar-refractivity contribution in [1.82, 2.24) is 4.90 Å². The van der Waals surface area contributed by atoms with Gasteiger partial charge in [0.25, 0.3) is 5.69 Å². The van der Waals surface area contributed by atoms with Gasteiger partial charge in [-0.3, -0.25) is 30.4 Å². The summed E-state index contributed by atoms with van der Waals surface area (Å²) in [5.74, 6) is 3.92. The lowest BCUT2D eigenvalue weighted by molar-refractivity contribution is -0.384. The number of rotatable bonds is 8. The van der Waals surface area contributed by atoms with Gasteiger partial charge < -0.3 is 16.9 Å². The topological polar surface area (TPSA) is 171 Å². The highest BCUT2D eigenvalue weighted by Gasteiger charge is 2.17. The summed E-state index contributed by atoms with van der Waals surface area (Å²) >= 11 is 0. The molecule has 21 heavy (non-hydrogen) atoms. The van der Waals surface area contributed by atoms with Crippen molar-refractivity contribution >= 4 is 23.2 Å². The van der Waals surface area contributed by atoms with Crippen molar-refractivity contribution in [3.05, 3.63) is 33.9 Å². The fourth-order valence-corrected chi connectivity index (χ4v) is 1.82. The molecule has 0 spiro atoms. The molecule has 0 heterocycles. The summed E-state index contributed by atoms with van der Waals surface area (Å²) in [4.78, 5) is 33.6. The highest BCUT2D eigenvalue weighted by molar-refractivity contribution is 5.79. The highest BCUT2D eigenvalue weighted by Crippen LogP contribution is 2.25. The van der Waals surface area contributed by atoms with E-state index in [9.17, 15) is 19.7 Å². The maximum Gasteiger partial charge on any atom is 0.293 e. The minimum atomic E-state index is -0.633. The number of nitrogen functional groups attached to an aromatic ring is 1. The van der Waals surface area contributed by atoms with Crippen LogP contribution >= 0.6 is 0 Å². The van der Waals surface area contributed by atoms with Gasteiger partial charge in [0, 0.05) is 12.6 Å². The van der Waals surface area contributed by atoms with E-state index >= 15 is 0 Å². The molecule has 0 bridgehead atoms. The zero-order valence-electron chi connectivity index (χ0n) is 11.1. The fourth-order valence-electron chi connectivity index (χ4n) is 1.82. The van der Waals surface area contributed by atoms with Crippen LogP contribution in [0.2, 0.25) is 0 Å². The Balaban J connectivity index is 2.97. The van der Waals surface area contributed by atoms with Crippen LogP contribution < -0.4 is 22.7 Å². The zero-order chi connectivity index (χ0) is 16.0. The Labute approximate surface area is 120 Å². The van der Waals surface area contributed by atoms with Gasteiger partial charge in [-0.25, -0.2) is 0 Å². The lowest BCUT2D eigenvalue weighted by Crippen LogP contribution is -2.39. The Morgan fingerprint density at radius 1 is 1.24 bits per heavy atom. The first-order valence-corrected chi connectivity index (χ1v) is 5.86. The lowest BCUT2D eigenvalue weighted by atomic mass is 10.1. The van der Waals surface area contributed by atoms with Crippen LogP contribution in [0.5, 0.6) is 0 Å². The first kappa shape index (κ1) is 16.3. The quantitative estimate of drug-likeness (QED) is 0.261. The molecule has 0 aliphatic heterocycles. The van der Waals surface area contributed by atoms with Gasteiger partial charge in [-0.05, 0) is 11.6 Å². The summed E-state index contributed by atoms with van der Waals surface area (Å²) in [6, 6.07) is 4.31. The van der Waals surface area contributed by atoms with E-state index in [1.54, 1.807) is 6.07 Å². The van der Waals surface area contributed by atoms with E-state index in [4.69, 9.17) is 17.3 Å². The van der Waals surface area contributed by atoms with Gasteiger partial charge in [0.2, 0.25) is 11.8 Å². The van der Waals surface area contributed by atoms with Gasteiger partial charge >= 0.3 is 0 Å². The molecule has 1 aromatic rings. The van der Waals surface area contributed by atoms with Crippen molar-refractivity contribution < 1.29 is 14.5 Å². The third kappa shape index (κ3) is 5.04. The molecule has 10 nitrogen and oxygen atoms in total. The molecule has 114 valence electrons. The second kappa shape index (κ2) is 7.17. The molecular weight excluding hydrogens is 280 g/mol. The average Bonchev–Trinajstić information content (AvgIpc) is 2.36. The largest absolute Gasteiger partial charge is 0.369 e. The summed E-state index contributed by atoms with van der Waals surface area (Å²) in [6.45, 7) is -0.265. The summed E-state index contributed by atoms with van der Waals surface area (Å²) in [7, 11) is 0. The second-order valence-corrected chi connectivity index (χ2v) is 4.33. The van der Waals surface area contributed by atoms with Crippen molar-refractivity contribution in [3.63, 3.8) is 0 Å². The molecule has 7 N–H and O–H groups in total. The SMILES string of the molecule is NNc1ccc(CN(CC(N)=O)CC(N)=O)cc1[N+](=O)[O-]. The molecule has 0 atom stereocenters. The zero-order valence-corrected chi connectivity index (χ0v) is 11.1. The Morgan fingerprint density at radius 2 is 1.81 bits per heavy atom.